The van der Waals surface area contributed by atoms with E-state index in [9.17, 15) is 4.79 Å². The zero-order valence-electron chi connectivity index (χ0n) is 17.5. The summed E-state index contributed by atoms with van der Waals surface area (Å²) < 4.78 is 3.69. The van der Waals surface area contributed by atoms with Crippen LogP contribution in [0.1, 0.15) is 5.82 Å². The molecular formula is C25H19ClN4OS. The largest absolute Gasteiger partial charge is 0.320 e. The highest BCUT2D eigenvalue weighted by atomic mass is 35.5. The van der Waals surface area contributed by atoms with Gasteiger partial charge in [0.25, 0.3) is 5.56 Å². The molecule has 2 heterocycles. The molecule has 0 aliphatic rings. The Morgan fingerprint density at radius 2 is 1.69 bits per heavy atom. The number of halogens is 1. The topological polar surface area (TPSA) is 52.2 Å². The van der Waals surface area contributed by atoms with E-state index in [1.807, 2.05) is 80.7 Å². The molecule has 0 atom stereocenters. The van der Waals surface area contributed by atoms with Crippen LogP contribution in [-0.2, 0) is 7.05 Å². The first kappa shape index (κ1) is 20.4. The van der Waals surface area contributed by atoms with Crippen molar-refractivity contribution in [1.29, 1.82) is 0 Å². The van der Waals surface area contributed by atoms with Crippen LogP contribution in [0, 0.1) is 6.92 Å². The number of thiazole rings is 1. The fourth-order valence-corrected chi connectivity index (χ4v) is 4.74. The lowest BCUT2D eigenvalue weighted by Crippen LogP contribution is -2.22. The van der Waals surface area contributed by atoms with Crippen LogP contribution in [0.2, 0.25) is 5.02 Å². The number of aromatic nitrogens is 3. The molecule has 5 nitrogen and oxygen atoms in total. The number of rotatable bonds is 3. The summed E-state index contributed by atoms with van der Waals surface area (Å²) in [5, 5.41) is 3.40. The van der Waals surface area contributed by atoms with Gasteiger partial charge in [-0.3, -0.25) is 9.36 Å². The third-order valence-electron chi connectivity index (χ3n) is 5.34. The van der Waals surface area contributed by atoms with Crippen LogP contribution in [-0.4, -0.2) is 14.1 Å². The fraction of sp³-hybridized carbons (Fsp3) is 0.0800. The highest BCUT2D eigenvalue weighted by Gasteiger charge is 2.10. The van der Waals surface area contributed by atoms with Gasteiger partial charge in [-0.05, 0) is 61.0 Å². The zero-order chi connectivity index (χ0) is 22.2. The van der Waals surface area contributed by atoms with Gasteiger partial charge < -0.3 is 4.57 Å². The highest BCUT2D eigenvalue weighted by molar-refractivity contribution is 7.07. The minimum absolute atomic E-state index is 0.0740. The Morgan fingerprint density at radius 1 is 0.969 bits per heavy atom. The normalized spacial score (nSPS) is 11.9. The fourth-order valence-electron chi connectivity index (χ4n) is 3.69. The van der Waals surface area contributed by atoms with Gasteiger partial charge in [0, 0.05) is 17.5 Å². The summed E-state index contributed by atoms with van der Waals surface area (Å²) in [4.78, 5) is 23.3. The standard InChI is InChI=1S/C25H19ClN4OS/c1-16-27-22-6-4-3-5-21(22)24(31)30(16)20-13-11-19(12-14-20)28-25-29(2)23(15-32-25)17-7-9-18(26)10-8-17/h3-15H,1-2H3. The number of aryl methyl sites for hydroxylation is 1. The molecule has 0 N–H and O–H groups in total. The lowest BCUT2D eigenvalue weighted by molar-refractivity contribution is 0.881. The molecule has 5 rings (SSSR count). The van der Waals surface area contributed by atoms with Crippen LogP contribution in [0.15, 0.2) is 88.0 Å². The van der Waals surface area contributed by atoms with E-state index in [0.717, 1.165) is 27.4 Å². The highest BCUT2D eigenvalue weighted by Crippen LogP contribution is 2.22. The van der Waals surface area contributed by atoms with Crippen LogP contribution in [0.25, 0.3) is 27.8 Å². The third-order valence-corrected chi connectivity index (χ3v) is 6.51. The predicted octanol–water partition coefficient (Wildman–Crippen LogP) is 5.65. The lowest BCUT2D eigenvalue weighted by Gasteiger charge is -2.11. The summed E-state index contributed by atoms with van der Waals surface area (Å²) >= 11 is 7.58. The van der Waals surface area contributed by atoms with Gasteiger partial charge in [-0.25, -0.2) is 9.98 Å². The maximum absolute atomic E-state index is 13.0. The molecule has 0 saturated heterocycles. The second kappa shape index (κ2) is 8.22. The molecular weight excluding hydrogens is 440 g/mol. The van der Waals surface area contributed by atoms with Crippen molar-refractivity contribution in [1.82, 2.24) is 14.1 Å². The van der Waals surface area contributed by atoms with Gasteiger partial charge >= 0.3 is 0 Å². The Hall–Kier alpha value is -3.48. The molecule has 7 heteroatoms. The molecule has 0 unspecified atom stereocenters. The summed E-state index contributed by atoms with van der Waals surface area (Å²) in [5.41, 5.74) is 4.38. The molecule has 0 spiro atoms. The third kappa shape index (κ3) is 3.68. The molecule has 0 saturated carbocycles. The number of para-hydroxylation sites is 1. The second-order valence-electron chi connectivity index (χ2n) is 7.41. The number of benzene rings is 3. The molecule has 0 fully saturated rings. The number of hydrogen-bond acceptors (Lipinski definition) is 4. The van der Waals surface area contributed by atoms with Crippen molar-refractivity contribution in [2.75, 3.05) is 0 Å². The molecule has 0 radical (unpaired) electrons. The summed E-state index contributed by atoms with van der Waals surface area (Å²) in [6.45, 7) is 1.84. The minimum atomic E-state index is -0.0740. The average Bonchev–Trinajstić information content (AvgIpc) is 3.15. The van der Waals surface area contributed by atoms with Crippen molar-refractivity contribution in [3.8, 4) is 16.9 Å². The van der Waals surface area contributed by atoms with Gasteiger partial charge in [0.1, 0.15) is 5.82 Å². The van der Waals surface area contributed by atoms with Crippen LogP contribution in [0.5, 0.6) is 0 Å². The molecule has 0 amide bonds. The average molecular weight is 459 g/mol. The zero-order valence-corrected chi connectivity index (χ0v) is 19.1. The van der Waals surface area contributed by atoms with E-state index in [4.69, 9.17) is 16.6 Å². The predicted molar refractivity (Wildman–Crippen MR) is 131 cm³/mol. The second-order valence-corrected chi connectivity index (χ2v) is 8.69. The van der Waals surface area contributed by atoms with Crippen molar-refractivity contribution in [2.45, 2.75) is 6.92 Å². The molecule has 3 aromatic carbocycles. The number of hydrogen-bond donors (Lipinski definition) is 0. The first-order chi connectivity index (χ1) is 15.5. The molecule has 0 aliphatic carbocycles. The van der Waals surface area contributed by atoms with Gasteiger partial charge in [0.15, 0.2) is 4.80 Å². The Bertz CT molecular complexity index is 1560. The summed E-state index contributed by atoms with van der Waals surface area (Å²) in [5.74, 6) is 0.649. The SMILES string of the molecule is Cc1nc2ccccc2c(=O)n1-c1ccc(N=c2scc(-c3ccc(Cl)cc3)n2C)cc1. The smallest absolute Gasteiger partial charge is 0.265 e. The van der Waals surface area contributed by atoms with Crippen LogP contribution in [0.3, 0.4) is 0 Å². The molecule has 32 heavy (non-hydrogen) atoms. The van der Waals surface area contributed by atoms with Crippen LogP contribution >= 0.6 is 22.9 Å². The summed E-state index contributed by atoms with van der Waals surface area (Å²) in [6.07, 6.45) is 0. The van der Waals surface area contributed by atoms with Crippen molar-refractivity contribution < 1.29 is 0 Å². The molecule has 2 aromatic heterocycles. The number of nitrogens with zero attached hydrogens (tertiary/aromatic N) is 4. The monoisotopic (exact) mass is 458 g/mol. The molecule has 158 valence electrons. The first-order valence-electron chi connectivity index (χ1n) is 10.1. The van der Waals surface area contributed by atoms with Crippen LogP contribution in [0.4, 0.5) is 5.69 Å². The Kier molecular flexibility index (Phi) is 5.25. The Morgan fingerprint density at radius 3 is 2.44 bits per heavy atom. The van der Waals surface area contributed by atoms with Crippen molar-refractivity contribution in [3.63, 3.8) is 0 Å². The van der Waals surface area contributed by atoms with Crippen molar-refractivity contribution >= 4 is 39.5 Å². The summed E-state index contributed by atoms with van der Waals surface area (Å²) in [7, 11) is 2.00. The van der Waals surface area contributed by atoms with E-state index < -0.39 is 0 Å². The van der Waals surface area contributed by atoms with E-state index in [2.05, 4.69) is 14.9 Å². The maximum atomic E-state index is 13.0. The quantitative estimate of drug-likeness (QED) is 0.351. The van der Waals surface area contributed by atoms with E-state index in [1.165, 1.54) is 0 Å². The number of fused-ring (bicyclic) bond motifs is 1. The lowest BCUT2D eigenvalue weighted by atomic mass is 10.2. The summed E-state index contributed by atoms with van der Waals surface area (Å²) in [6, 6.07) is 22.8. The van der Waals surface area contributed by atoms with E-state index in [0.29, 0.717) is 21.7 Å². The Labute approximate surface area is 193 Å². The molecule has 5 aromatic rings. The van der Waals surface area contributed by atoms with Crippen LogP contribution < -0.4 is 10.4 Å². The van der Waals surface area contributed by atoms with E-state index in [1.54, 1.807) is 22.0 Å². The van der Waals surface area contributed by atoms with Gasteiger partial charge in [-0.15, -0.1) is 11.3 Å². The van der Waals surface area contributed by atoms with Gasteiger partial charge in [0.05, 0.1) is 28.0 Å². The van der Waals surface area contributed by atoms with Gasteiger partial charge in [0.2, 0.25) is 0 Å². The van der Waals surface area contributed by atoms with Gasteiger partial charge in [-0.2, -0.15) is 0 Å². The van der Waals surface area contributed by atoms with E-state index in [-0.39, 0.29) is 5.56 Å². The minimum Gasteiger partial charge on any atom is -0.320 e. The van der Waals surface area contributed by atoms with Gasteiger partial charge in [-0.1, -0.05) is 35.9 Å². The first-order valence-corrected chi connectivity index (χ1v) is 11.3. The van der Waals surface area contributed by atoms with E-state index >= 15 is 0 Å². The Balaban J connectivity index is 1.52. The maximum Gasteiger partial charge on any atom is 0.265 e. The molecule has 0 aliphatic heterocycles. The van der Waals surface area contributed by atoms with Crippen molar-refractivity contribution in [3.05, 3.63) is 104 Å². The van der Waals surface area contributed by atoms with Crippen molar-refractivity contribution in [2.24, 2.45) is 12.0 Å². The molecule has 0 bridgehead atoms.